The molecule has 1 atom stereocenters. The Morgan fingerprint density at radius 3 is 2.91 bits per heavy atom. The van der Waals surface area contributed by atoms with E-state index in [2.05, 4.69) is 25.2 Å². The first-order valence-corrected chi connectivity index (χ1v) is 7.87. The van der Waals surface area contributed by atoms with Gasteiger partial charge in [-0.25, -0.2) is 0 Å². The van der Waals surface area contributed by atoms with Crippen LogP contribution in [0.5, 0.6) is 0 Å². The lowest BCUT2D eigenvalue weighted by Crippen LogP contribution is -2.35. The smallest absolute Gasteiger partial charge is 0.273 e. The summed E-state index contributed by atoms with van der Waals surface area (Å²) in [6.07, 6.45) is 5.08. The molecular weight excluding hydrogens is 282 g/mol. The van der Waals surface area contributed by atoms with E-state index in [9.17, 15) is 4.79 Å². The Hall–Kier alpha value is -2.18. The van der Waals surface area contributed by atoms with Gasteiger partial charge in [-0.2, -0.15) is 0 Å². The van der Waals surface area contributed by atoms with E-state index in [4.69, 9.17) is 4.52 Å². The number of aromatic nitrogens is 4. The van der Waals surface area contributed by atoms with Gasteiger partial charge in [-0.05, 0) is 32.6 Å². The molecule has 2 aromatic rings. The van der Waals surface area contributed by atoms with Crippen molar-refractivity contribution in [3.63, 3.8) is 0 Å². The third kappa shape index (κ3) is 2.51. The Balaban J connectivity index is 1.42. The quantitative estimate of drug-likeness (QED) is 0.930. The van der Waals surface area contributed by atoms with Gasteiger partial charge in [0.2, 0.25) is 0 Å². The molecule has 0 saturated heterocycles. The third-order valence-electron chi connectivity index (χ3n) is 4.41. The minimum Gasteiger partial charge on any atom is -0.361 e. The lowest BCUT2D eigenvalue weighted by Gasteiger charge is -2.15. The van der Waals surface area contributed by atoms with Crippen molar-refractivity contribution in [1.82, 2.24) is 25.2 Å². The third-order valence-corrected chi connectivity index (χ3v) is 4.41. The summed E-state index contributed by atoms with van der Waals surface area (Å²) in [7, 11) is 0. The van der Waals surface area contributed by atoms with Crippen molar-refractivity contribution in [2.45, 2.75) is 57.5 Å². The number of nitrogens with one attached hydrogen (secondary N) is 1. The summed E-state index contributed by atoms with van der Waals surface area (Å²) in [5, 5.41) is 15.5. The molecule has 2 aliphatic rings. The normalized spacial score (nSPS) is 21.2. The second-order valence-corrected chi connectivity index (χ2v) is 6.22. The van der Waals surface area contributed by atoms with Crippen LogP contribution in [0.25, 0.3) is 0 Å². The maximum absolute atomic E-state index is 12.2. The number of hydrogen-bond acceptors (Lipinski definition) is 5. The van der Waals surface area contributed by atoms with Crippen LogP contribution in [-0.4, -0.2) is 31.9 Å². The summed E-state index contributed by atoms with van der Waals surface area (Å²) in [4.78, 5) is 12.2. The van der Waals surface area contributed by atoms with Crippen LogP contribution < -0.4 is 5.32 Å². The zero-order valence-electron chi connectivity index (χ0n) is 12.6. The molecule has 1 aliphatic carbocycles. The van der Waals surface area contributed by atoms with Crippen LogP contribution >= 0.6 is 0 Å². The molecule has 1 aliphatic heterocycles. The van der Waals surface area contributed by atoms with E-state index < -0.39 is 0 Å². The van der Waals surface area contributed by atoms with E-state index in [-0.39, 0.29) is 11.9 Å². The van der Waals surface area contributed by atoms with E-state index in [0.29, 0.717) is 17.4 Å². The number of aryl methyl sites for hydroxylation is 2. The van der Waals surface area contributed by atoms with Gasteiger partial charge >= 0.3 is 0 Å². The van der Waals surface area contributed by atoms with Gasteiger partial charge in [0, 0.05) is 31.0 Å². The molecule has 1 saturated carbocycles. The summed E-state index contributed by atoms with van der Waals surface area (Å²) < 4.78 is 7.21. The zero-order chi connectivity index (χ0) is 15.1. The van der Waals surface area contributed by atoms with Gasteiger partial charge in [0.05, 0.1) is 0 Å². The van der Waals surface area contributed by atoms with Crippen molar-refractivity contribution in [3.05, 3.63) is 29.2 Å². The standard InChI is InChI=1S/C15H19N5O2/c1-9-8-12(19-22-9)15(21)16-11-4-5-13-17-18-14(10-2-3-10)20(13)7-6-11/h8,10-11H,2-7H2,1H3,(H,16,21). The Morgan fingerprint density at radius 2 is 2.18 bits per heavy atom. The first-order valence-electron chi connectivity index (χ1n) is 7.87. The van der Waals surface area contributed by atoms with Crippen LogP contribution in [0.3, 0.4) is 0 Å². The molecule has 1 N–H and O–H groups in total. The molecule has 0 aromatic carbocycles. The zero-order valence-corrected chi connectivity index (χ0v) is 12.6. The van der Waals surface area contributed by atoms with Gasteiger partial charge in [0.15, 0.2) is 5.69 Å². The fraction of sp³-hybridized carbons (Fsp3) is 0.600. The molecule has 1 unspecified atom stereocenters. The minimum absolute atomic E-state index is 0.137. The Labute approximate surface area is 128 Å². The average Bonchev–Trinajstić information content (AvgIpc) is 3.18. The van der Waals surface area contributed by atoms with Gasteiger partial charge in [-0.1, -0.05) is 5.16 Å². The van der Waals surface area contributed by atoms with Crippen LogP contribution in [-0.2, 0) is 13.0 Å². The van der Waals surface area contributed by atoms with Crippen molar-refractivity contribution >= 4 is 5.91 Å². The van der Waals surface area contributed by atoms with Gasteiger partial charge < -0.3 is 14.4 Å². The topological polar surface area (TPSA) is 85.8 Å². The molecule has 22 heavy (non-hydrogen) atoms. The summed E-state index contributed by atoms with van der Waals surface area (Å²) in [6.45, 7) is 2.65. The largest absolute Gasteiger partial charge is 0.361 e. The Bertz CT molecular complexity index is 701. The number of carbonyl (C=O) groups is 1. The van der Waals surface area contributed by atoms with E-state index >= 15 is 0 Å². The highest BCUT2D eigenvalue weighted by Crippen LogP contribution is 2.39. The molecule has 1 amide bonds. The minimum atomic E-state index is -0.165. The fourth-order valence-corrected chi connectivity index (χ4v) is 3.03. The molecule has 2 aromatic heterocycles. The van der Waals surface area contributed by atoms with Crippen LogP contribution in [0.4, 0.5) is 0 Å². The molecule has 7 heteroatoms. The fourth-order valence-electron chi connectivity index (χ4n) is 3.03. The maximum Gasteiger partial charge on any atom is 0.273 e. The predicted octanol–water partition coefficient (Wildman–Crippen LogP) is 1.59. The molecule has 0 spiro atoms. The maximum atomic E-state index is 12.2. The van der Waals surface area contributed by atoms with E-state index in [1.165, 1.54) is 12.8 Å². The van der Waals surface area contributed by atoms with E-state index in [1.807, 2.05) is 0 Å². The van der Waals surface area contributed by atoms with Crippen LogP contribution in [0.1, 0.15) is 59.5 Å². The first kappa shape index (κ1) is 13.5. The lowest BCUT2D eigenvalue weighted by molar-refractivity contribution is 0.0923. The molecule has 4 rings (SSSR count). The van der Waals surface area contributed by atoms with Gasteiger partial charge in [-0.15, -0.1) is 10.2 Å². The highest BCUT2D eigenvalue weighted by Gasteiger charge is 2.31. The molecule has 1 fully saturated rings. The summed E-state index contributed by atoms with van der Waals surface area (Å²) in [6, 6.07) is 1.80. The highest BCUT2D eigenvalue weighted by molar-refractivity contribution is 5.92. The summed E-state index contributed by atoms with van der Waals surface area (Å²) >= 11 is 0. The van der Waals surface area contributed by atoms with Crippen molar-refractivity contribution in [1.29, 1.82) is 0 Å². The monoisotopic (exact) mass is 301 g/mol. The number of carbonyl (C=O) groups excluding carboxylic acids is 1. The second-order valence-electron chi connectivity index (χ2n) is 6.22. The van der Waals surface area contributed by atoms with Crippen molar-refractivity contribution < 1.29 is 9.32 Å². The highest BCUT2D eigenvalue weighted by atomic mass is 16.5. The Morgan fingerprint density at radius 1 is 1.32 bits per heavy atom. The lowest BCUT2D eigenvalue weighted by atomic mass is 10.1. The SMILES string of the molecule is Cc1cc(C(=O)NC2CCc3nnc(C4CC4)n3CC2)no1. The molecule has 7 nitrogen and oxygen atoms in total. The summed E-state index contributed by atoms with van der Waals surface area (Å²) in [5.74, 6) is 3.27. The van der Waals surface area contributed by atoms with Crippen LogP contribution in [0.15, 0.2) is 10.6 Å². The molecule has 0 radical (unpaired) electrons. The number of amides is 1. The van der Waals surface area contributed by atoms with Gasteiger partial charge in [0.25, 0.3) is 5.91 Å². The van der Waals surface area contributed by atoms with Crippen molar-refractivity contribution in [2.24, 2.45) is 0 Å². The predicted molar refractivity (Wildman–Crippen MR) is 77.4 cm³/mol. The number of rotatable bonds is 3. The van der Waals surface area contributed by atoms with Gasteiger partial charge in [0.1, 0.15) is 17.4 Å². The van der Waals surface area contributed by atoms with Crippen molar-refractivity contribution in [3.8, 4) is 0 Å². The molecule has 3 heterocycles. The van der Waals surface area contributed by atoms with Crippen LogP contribution in [0, 0.1) is 6.92 Å². The van der Waals surface area contributed by atoms with Crippen molar-refractivity contribution in [2.75, 3.05) is 0 Å². The summed E-state index contributed by atoms with van der Waals surface area (Å²) in [5.41, 5.74) is 0.347. The van der Waals surface area contributed by atoms with E-state index in [1.54, 1.807) is 13.0 Å². The molecular formula is C15H19N5O2. The second kappa shape index (κ2) is 5.23. The molecule has 0 bridgehead atoms. The molecule has 116 valence electrons. The first-order chi connectivity index (χ1) is 10.7. The Kier molecular flexibility index (Phi) is 3.20. The number of fused-ring (bicyclic) bond motifs is 1. The number of hydrogen-bond donors (Lipinski definition) is 1. The number of nitrogens with zero attached hydrogens (tertiary/aromatic N) is 4. The van der Waals surface area contributed by atoms with Crippen LogP contribution in [0.2, 0.25) is 0 Å². The average molecular weight is 301 g/mol. The van der Waals surface area contributed by atoms with Gasteiger partial charge in [-0.3, -0.25) is 4.79 Å². The van der Waals surface area contributed by atoms with E-state index in [0.717, 1.165) is 37.5 Å².